The van der Waals surface area contributed by atoms with Gasteiger partial charge in [-0.25, -0.2) is 0 Å². The standard InChI is InChI=1S/C24H28O4/c1-17-7-2-5-12-21(17)22(13-14-23(25)26)24(27)19-10-6-11-20(15-19)28-16-18-8-3-4-9-18/h2,5-7,10-12,15,18,22H,3-4,8-9,13-14,16H2,1H3,(H,25,26)/p-1. The third-order valence-corrected chi connectivity index (χ3v) is 5.60. The number of ketones is 1. The topological polar surface area (TPSA) is 66.4 Å². The van der Waals surface area contributed by atoms with Crippen molar-refractivity contribution in [1.29, 1.82) is 0 Å². The summed E-state index contributed by atoms with van der Waals surface area (Å²) in [4.78, 5) is 24.3. The molecule has 1 aliphatic carbocycles. The van der Waals surface area contributed by atoms with Gasteiger partial charge in [0, 0.05) is 17.5 Å². The van der Waals surface area contributed by atoms with Gasteiger partial charge in [-0.3, -0.25) is 4.79 Å². The monoisotopic (exact) mass is 379 g/mol. The molecule has 2 aromatic rings. The molecule has 0 aromatic heterocycles. The van der Waals surface area contributed by atoms with Crippen LogP contribution >= 0.6 is 0 Å². The van der Waals surface area contributed by atoms with Gasteiger partial charge in [0.05, 0.1) is 6.61 Å². The number of Topliss-reactive ketones (excluding diaryl/α,β-unsaturated/α-hetero) is 1. The van der Waals surface area contributed by atoms with E-state index < -0.39 is 11.9 Å². The fourth-order valence-electron chi connectivity index (χ4n) is 4.00. The van der Waals surface area contributed by atoms with Gasteiger partial charge < -0.3 is 14.6 Å². The Kier molecular flexibility index (Phi) is 6.85. The Morgan fingerprint density at radius 1 is 1.11 bits per heavy atom. The van der Waals surface area contributed by atoms with E-state index in [1.54, 1.807) is 12.1 Å². The number of carbonyl (C=O) groups excluding carboxylic acids is 2. The van der Waals surface area contributed by atoms with Crippen molar-refractivity contribution in [2.45, 2.75) is 51.4 Å². The highest BCUT2D eigenvalue weighted by Crippen LogP contribution is 2.30. The minimum absolute atomic E-state index is 0.0816. The van der Waals surface area contributed by atoms with Crippen LogP contribution in [0.15, 0.2) is 48.5 Å². The first-order valence-electron chi connectivity index (χ1n) is 10.1. The Morgan fingerprint density at radius 2 is 1.86 bits per heavy atom. The van der Waals surface area contributed by atoms with Gasteiger partial charge in [0.25, 0.3) is 0 Å². The molecule has 0 heterocycles. The van der Waals surface area contributed by atoms with Gasteiger partial charge in [-0.2, -0.15) is 0 Å². The summed E-state index contributed by atoms with van der Waals surface area (Å²) < 4.78 is 5.93. The minimum atomic E-state index is -1.14. The Bertz CT molecular complexity index is 821. The van der Waals surface area contributed by atoms with Gasteiger partial charge in [0.1, 0.15) is 5.75 Å². The molecule has 0 saturated heterocycles. The van der Waals surface area contributed by atoms with Crippen LogP contribution in [0.5, 0.6) is 5.75 Å². The molecule has 4 heteroatoms. The number of ether oxygens (including phenoxy) is 1. The van der Waals surface area contributed by atoms with E-state index in [1.807, 2.05) is 43.3 Å². The van der Waals surface area contributed by atoms with E-state index in [0.717, 1.165) is 11.1 Å². The molecule has 148 valence electrons. The number of hydrogen-bond donors (Lipinski definition) is 0. The summed E-state index contributed by atoms with van der Waals surface area (Å²) in [6.45, 7) is 2.62. The number of aryl methyl sites for hydroxylation is 1. The molecular formula is C24H27O4-. The number of benzene rings is 2. The molecule has 0 N–H and O–H groups in total. The van der Waals surface area contributed by atoms with E-state index in [1.165, 1.54) is 25.7 Å². The quantitative estimate of drug-likeness (QED) is 0.616. The molecule has 0 spiro atoms. The van der Waals surface area contributed by atoms with Crippen LogP contribution in [0.4, 0.5) is 0 Å². The summed E-state index contributed by atoms with van der Waals surface area (Å²) in [6.07, 6.45) is 5.02. The zero-order valence-electron chi connectivity index (χ0n) is 16.4. The van der Waals surface area contributed by atoms with Crippen LogP contribution in [0.25, 0.3) is 0 Å². The Hall–Kier alpha value is -2.62. The van der Waals surface area contributed by atoms with E-state index in [-0.39, 0.29) is 18.6 Å². The van der Waals surface area contributed by atoms with Gasteiger partial charge in [0.2, 0.25) is 0 Å². The Labute approximate surface area is 166 Å². The van der Waals surface area contributed by atoms with Crippen LogP contribution in [0.3, 0.4) is 0 Å². The summed E-state index contributed by atoms with van der Waals surface area (Å²) in [5, 5.41) is 11.0. The van der Waals surface area contributed by atoms with E-state index in [0.29, 0.717) is 23.8 Å². The van der Waals surface area contributed by atoms with Gasteiger partial charge >= 0.3 is 0 Å². The second-order valence-corrected chi connectivity index (χ2v) is 7.67. The molecule has 1 saturated carbocycles. The summed E-state index contributed by atoms with van der Waals surface area (Å²) in [6, 6.07) is 14.9. The maximum atomic E-state index is 13.3. The first-order chi connectivity index (χ1) is 13.5. The normalized spacial score (nSPS) is 15.3. The van der Waals surface area contributed by atoms with Gasteiger partial charge in [-0.05, 0) is 61.8 Å². The van der Waals surface area contributed by atoms with Crippen LogP contribution in [0, 0.1) is 12.8 Å². The highest BCUT2D eigenvalue weighted by atomic mass is 16.5. The van der Waals surface area contributed by atoms with E-state index >= 15 is 0 Å². The molecule has 0 radical (unpaired) electrons. The van der Waals surface area contributed by atoms with Crippen molar-refractivity contribution < 1.29 is 19.4 Å². The number of carbonyl (C=O) groups is 2. The number of aliphatic carboxylic acids is 1. The zero-order chi connectivity index (χ0) is 19.9. The number of carboxylic acid groups (broad SMARTS) is 1. The van der Waals surface area contributed by atoms with Crippen molar-refractivity contribution in [2.75, 3.05) is 6.61 Å². The van der Waals surface area contributed by atoms with Crippen LogP contribution in [0.2, 0.25) is 0 Å². The van der Waals surface area contributed by atoms with Crippen molar-refractivity contribution in [3.63, 3.8) is 0 Å². The lowest BCUT2D eigenvalue weighted by Crippen LogP contribution is -2.24. The second kappa shape index (κ2) is 9.54. The van der Waals surface area contributed by atoms with Crippen LogP contribution in [-0.2, 0) is 4.79 Å². The van der Waals surface area contributed by atoms with Crippen molar-refractivity contribution >= 4 is 11.8 Å². The highest BCUT2D eigenvalue weighted by Gasteiger charge is 2.24. The molecule has 28 heavy (non-hydrogen) atoms. The Morgan fingerprint density at radius 3 is 2.57 bits per heavy atom. The van der Waals surface area contributed by atoms with Crippen molar-refractivity contribution in [1.82, 2.24) is 0 Å². The summed E-state index contributed by atoms with van der Waals surface area (Å²) in [5.41, 5.74) is 2.40. The summed E-state index contributed by atoms with van der Waals surface area (Å²) in [5.74, 6) is -0.436. The van der Waals surface area contributed by atoms with Crippen LogP contribution < -0.4 is 9.84 Å². The maximum absolute atomic E-state index is 13.3. The predicted molar refractivity (Wildman–Crippen MR) is 106 cm³/mol. The molecule has 1 unspecified atom stereocenters. The molecule has 1 aliphatic rings. The Balaban J connectivity index is 1.78. The van der Waals surface area contributed by atoms with Gasteiger partial charge in [-0.15, -0.1) is 0 Å². The molecule has 0 amide bonds. The first-order valence-corrected chi connectivity index (χ1v) is 10.1. The molecule has 3 rings (SSSR count). The van der Waals surface area contributed by atoms with Crippen molar-refractivity contribution in [3.8, 4) is 5.75 Å². The highest BCUT2D eigenvalue weighted by molar-refractivity contribution is 6.01. The minimum Gasteiger partial charge on any atom is -0.550 e. The molecule has 0 aliphatic heterocycles. The molecule has 1 fully saturated rings. The van der Waals surface area contributed by atoms with Crippen LogP contribution in [-0.4, -0.2) is 18.4 Å². The van der Waals surface area contributed by atoms with E-state index in [9.17, 15) is 14.7 Å². The molecule has 2 aromatic carbocycles. The summed E-state index contributed by atoms with van der Waals surface area (Å²) >= 11 is 0. The fourth-order valence-corrected chi connectivity index (χ4v) is 4.00. The lowest BCUT2D eigenvalue weighted by atomic mass is 9.85. The average Bonchev–Trinajstić information content (AvgIpc) is 3.21. The SMILES string of the molecule is Cc1ccccc1C(CCC(=O)[O-])C(=O)c1cccc(OCC2CCCC2)c1. The fraction of sp³-hybridized carbons (Fsp3) is 0.417. The molecule has 4 nitrogen and oxygen atoms in total. The zero-order valence-corrected chi connectivity index (χ0v) is 16.4. The number of rotatable bonds is 9. The lowest BCUT2D eigenvalue weighted by Gasteiger charge is -2.19. The predicted octanol–water partition coefficient (Wildman–Crippen LogP) is 4.06. The smallest absolute Gasteiger partial charge is 0.170 e. The van der Waals surface area contributed by atoms with E-state index in [4.69, 9.17) is 4.74 Å². The van der Waals surface area contributed by atoms with Crippen molar-refractivity contribution in [2.24, 2.45) is 5.92 Å². The van der Waals surface area contributed by atoms with Crippen molar-refractivity contribution in [3.05, 3.63) is 65.2 Å². The number of carboxylic acids is 1. The van der Waals surface area contributed by atoms with Gasteiger partial charge in [0.15, 0.2) is 5.78 Å². The molecular weight excluding hydrogens is 352 g/mol. The largest absolute Gasteiger partial charge is 0.550 e. The molecule has 1 atom stereocenters. The average molecular weight is 379 g/mol. The lowest BCUT2D eigenvalue weighted by molar-refractivity contribution is -0.305. The third kappa shape index (κ3) is 5.22. The van der Waals surface area contributed by atoms with E-state index in [2.05, 4.69) is 0 Å². The maximum Gasteiger partial charge on any atom is 0.170 e. The summed E-state index contributed by atoms with van der Waals surface area (Å²) in [7, 11) is 0. The number of hydrogen-bond acceptors (Lipinski definition) is 4. The van der Waals surface area contributed by atoms with Gasteiger partial charge in [-0.1, -0.05) is 49.2 Å². The van der Waals surface area contributed by atoms with Crippen LogP contribution in [0.1, 0.15) is 65.9 Å². The second-order valence-electron chi connectivity index (χ2n) is 7.67. The third-order valence-electron chi connectivity index (χ3n) is 5.60. The first kappa shape index (κ1) is 20.1. The molecule has 0 bridgehead atoms.